The van der Waals surface area contributed by atoms with Gasteiger partial charge in [0.1, 0.15) is 5.75 Å². The van der Waals surface area contributed by atoms with Gasteiger partial charge in [-0.1, -0.05) is 23.3 Å². The van der Waals surface area contributed by atoms with Crippen LogP contribution in [0.5, 0.6) is 5.75 Å². The number of aryl methyl sites for hydroxylation is 2. The molecular weight excluding hydrogens is 476 g/mol. The molecule has 0 saturated carbocycles. The molecule has 37 heavy (non-hydrogen) atoms. The third kappa shape index (κ3) is 6.87. The summed E-state index contributed by atoms with van der Waals surface area (Å²) in [5.41, 5.74) is 0.433. The zero-order valence-electron chi connectivity index (χ0n) is 23.2. The molecule has 0 aliphatic heterocycles. The van der Waals surface area contributed by atoms with E-state index in [0.717, 1.165) is 16.1 Å². The van der Waals surface area contributed by atoms with Crippen molar-refractivity contribution in [1.82, 2.24) is 10.0 Å². The van der Waals surface area contributed by atoms with E-state index in [9.17, 15) is 19.2 Å². The third-order valence-electron chi connectivity index (χ3n) is 5.40. The molecule has 9 nitrogen and oxygen atoms in total. The first kappa shape index (κ1) is 29.4. The molecule has 0 unspecified atom stereocenters. The van der Waals surface area contributed by atoms with E-state index in [0.29, 0.717) is 16.3 Å². The van der Waals surface area contributed by atoms with E-state index >= 15 is 0 Å². The molecule has 0 saturated heterocycles. The van der Waals surface area contributed by atoms with Crippen LogP contribution < -0.4 is 4.74 Å². The smallest absolute Gasteiger partial charge is 0.478 e. The van der Waals surface area contributed by atoms with E-state index in [1.54, 1.807) is 72.7 Å². The Morgan fingerprint density at radius 3 is 1.84 bits per heavy atom. The van der Waals surface area contributed by atoms with E-state index < -0.39 is 34.8 Å². The van der Waals surface area contributed by atoms with Crippen LogP contribution in [0.2, 0.25) is 0 Å². The Balaban J connectivity index is 2.68. The minimum atomic E-state index is -1.35. The number of benzene rings is 2. The first-order valence-electron chi connectivity index (χ1n) is 11.8. The number of methoxy groups -OCH3 is 1. The second-order valence-electron chi connectivity index (χ2n) is 10.9. The van der Waals surface area contributed by atoms with Crippen molar-refractivity contribution in [3.05, 3.63) is 64.2 Å². The maximum atomic E-state index is 13.9. The van der Waals surface area contributed by atoms with Crippen LogP contribution >= 0.6 is 0 Å². The maximum Gasteiger partial charge on any atom is 0.478 e. The number of nitrogens with zero attached hydrogens (tertiary/aromatic N) is 2. The Morgan fingerprint density at radius 2 is 1.35 bits per heavy atom. The summed E-state index contributed by atoms with van der Waals surface area (Å²) in [6.45, 7) is 15.1. The number of hydrogen-bond donors (Lipinski definition) is 0. The maximum absolute atomic E-state index is 13.9. The number of imide groups is 1. The van der Waals surface area contributed by atoms with Gasteiger partial charge in [-0.2, -0.15) is 0 Å². The lowest BCUT2D eigenvalue weighted by Crippen LogP contribution is -2.60. The van der Waals surface area contributed by atoms with Gasteiger partial charge in [0, 0.05) is 16.7 Å². The molecule has 0 radical (unpaired) electrons. The normalized spacial score (nSPS) is 11.4. The SMILES string of the molecule is COc1cccc(C(=O)N(C(=O)OOC(=O)C(C)(C)C)N(C(=O)c2cc(C)cc(C)c2)C(C)(C)C)c1C. The van der Waals surface area contributed by atoms with Crippen molar-refractivity contribution in [1.29, 1.82) is 0 Å². The Morgan fingerprint density at radius 1 is 0.784 bits per heavy atom. The second-order valence-corrected chi connectivity index (χ2v) is 10.9. The molecule has 0 spiro atoms. The van der Waals surface area contributed by atoms with Gasteiger partial charge in [0.15, 0.2) is 0 Å². The fourth-order valence-corrected chi connectivity index (χ4v) is 3.59. The highest BCUT2D eigenvalue weighted by Gasteiger charge is 2.42. The van der Waals surface area contributed by atoms with Crippen molar-refractivity contribution in [2.75, 3.05) is 7.11 Å². The zero-order valence-corrected chi connectivity index (χ0v) is 23.2. The number of amides is 3. The van der Waals surface area contributed by atoms with E-state index in [1.165, 1.54) is 13.2 Å². The predicted molar refractivity (Wildman–Crippen MR) is 138 cm³/mol. The number of rotatable bonds is 3. The van der Waals surface area contributed by atoms with Crippen LogP contribution in [0.3, 0.4) is 0 Å². The van der Waals surface area contributed by atoms with Crippen LogP contribution in [0.25, 0.3) is 0 Å². The molecule has 200 valence electrons. The minimum Gasteiger partial charge on any atom is -0.496 e. The van der Waals surface area contributed by atoms with Crippen LogP contribution in [0.15, 0.2) is 36.4 Å². The molecule has 0 bridgehead atoms. The average molecular weight is 513 g/mol. The van der Waals surface area contributed by atoms with E-state index in [1.807, 2.05) is 19.9 Å². The molecule has 0 aliphatic rings. The summed E-state index contributed by atoms with van der Waals surface area (Å²) in [6, 6.07) is 10.00. The van der Waals surface area contributed by atoms with Crippen LogP contribution in [0.1, 0.15) is 78.9 Å². The Labute approximate surface area is 218 Å². The Hall–Kier alpha value is -3.88. The molecule has 2 aromatic carbocycles. The van der Waals surface area contributed by atoms with Crippen molar-refractivity contribution in [2.24, 2.45) is 5.41 Å². The molecule has 0 fully saturated rings. The van der Waals surface area contributed by atoms with E-state index in [2.05, 4.69) is 0 Å². The second kappa shape index (κ2) is 11.0. The molecule has 0 heterocycles. The summed E-state index contributed by atoms with van der Waals surface area (Å²) >= 11 is 0. The van der Waals surface area contributed by atoms with Crippen molar-refractivity contribution in [3.8, 4) is 5.75 Å². The number of carbonyl (C=O) groups is 4. The number of ether oxygens (including phenoxy) is 1. The lowest BCUT2D eigenvalue weighted by Gasteiger charge is -2.41. The summed E-state index contributed by atoms with van der Waals surface area (Å²) in [4.78, 5) is 63.0. The molecule has 9 heteroatoms. The molecule has 0 N–H and O–H groups in total. The summed E-state index contributed by atoms with van der Waals surface area (Å²) in [5.74, 6) is -1.89. The van der Waals surface area contributed by atoms with Gasteiger partial charge in [-0.15, -0.1) is 5.01 Å². The fourth-order valence-electron chi connectivity index (χ4n) is 3.59. The molecule has 3 amide bonds. The molecule has 2 rings (SSSR count). The lowest BCUT2D eigenvalue weighted by molar-refractivity contribution is -0.248. The summed E-state index contributed by atoms with van der Waals surface area (Å²) in [5, 5.41) is 1.58. The van der Waals surface area contributed by atoms with Gasteiger partial charge in [0.2, 0.25) is 0 Å². The van der Waals surface area contributed by atoms with Crippen molar-refractivity contribution in [3.63, 3.8) is 0 Å². The Bertz CT molecular complexity index is 1190. The quantitative estimate of drug-likeness (QED) is 0.392. The predicted octanol–water partition coefficient (Wildman–Crippen LogP) is 5.56. The molecule has 0 aliphatic carbocycles. The largest absolute Gasteiger partial charge is 0.496 e. The van der Waals surface area contributed by atoms with Gasteiger partial charge in [-0.25, -0.2) is 24.4 Å². The minimum absolute atomic E-state index is 0.0981. The molecule has 0 aromatic heterocycles. The zero-order chi connectivity index (χ0) is 28.3. The van der Waals surface area contributed by atoms with Gasteiger partial charge >= 0.3 is 12.1 Å². The first-order chi connectivity index (χ1) is 17.0. The van der Waals surface area contributed by atoms with Crippen molar-refractivity contribution in [2.45, 2.75) is 67.9 Å². The van der Waals surface area contributed by atoms with Crippen LogP contribution in [0, 0.1) is 26.2 Å². The highest BCUT2D eigenvalue weighted by Crippen LogP contribution is 2.28. The lowest BCUT2D eigenvalue weighted by atomic mass is 9.98. The van der Waals surface area contributed by atoms with Gasteiger partial charge in [-0.3, -0.25) is 9.59 Å². The summed E-state index contributed by atoms with van der Waals surface area (Å²) in [7, 11) is 1.46. The van der Waals surface area contributed by atoms with Crippen LogP contribution in [0.4, 0.5) is 4.79 Å². The number of hydrogen-bond acceptors (Lipinski definition) is 7. The van der Waals surface area contributed by atoms with Gasteiger partial charge in [0.05, 0.1) is 18.1 Å². The summed E-state index contributed by atoms with van der Waals surface area (Å²) in [6.07, 6.45) is -1.35. The van der Waals surface area contributed by atoms with Crippen molar-refractivity contribution < 1.29 is 33.7 Å². The standard InChI is InChI=1S/C28H36N2O7/c1-17-14-18(2)16-20(15-17)23(31)30(28(7,8)9)29(26(34)37-36-25(33)27(4,5)6)24(32)21-12-11-13-22(35-10)19(21)3/h11-16H,1-10H3. The monoisotopic (exact) mass is 512 g/mol. The average Bonchev–Trinajstić information content (AvgIpc) is 2.77. The highest BCUT2D eigenvalue weighted by molar-refractivity contribution is 6.07. The van der Waals surface area contributed by atoms with Crippen LogP contribution in [-0.4, -0.2) is 46.5 Å². The van der Waals surface area contributed by atoms with E-state index in [-0.39, 0.29) is 11.1 Å². The summed E-state index contributed by atoms with van der Waals surface area (Å²) < 4.78 is 5.33. The topological polar surface area (TPSA) is 102 Å². The Kier molecular flexibility index (Phi) is 8.75. The molecule has 0 atom stereocenters. The molecule has 2 aromatic rings. The van der Waals surface area contributed by atoms with Crippen molar-refractivity contribution >= 4 is 23.9 Å². The fraction of sp³-hybridized carbons (Fsp3) is 0.429. The van der Waals surface area contributed by atoms with Gasteiger partial charge in [-0.05, 0) is 86.6 Å². The highest BCUT2D eigenvalue weighted by atomic mass is 17.2. The number of carbonyl (C=O) groups excluding carboxylic acids is 4. The number of hydrazine groups is 1. The first-order valence-corrected chi connectivity index (χ1v) is 11.8. The third-order valence-corrected chi connectivity index (χ3v) is 5.40. The van der Waals surface area contributed by atoms with E-state index in [4.69, 9.17) is 14.5 Å². The van der Waals surface area contributed by atoms with Gasteiger partial charge in [0.25, 0.3) is 11.8 Å². The molecular formula is C28H36N2O7. The van der Waals surface area contributed by atoms with Crippen LogP contribution in [-0.2, 0) is 14.6 Å². The van der Waals surface area contributed by atoms with Gasteiger partial charge < -0.3 is 4.74 Å².